The molecule has 2 atom stereocenters. The van der Waals surface area contributed by atoms with Crippen LogP contribution in [0.15, 0.2) is 54.6 Å². The van der Waals surface area contributed by atoms with E-state index in [4.69, 9.17) is 4.98 Å². The molecule has 2 fully saturated rings. The van der Waals surface area contributed by atoms with Crippen molar-refractivity contribution in [3.63, 3.8) is 0 Å². The number of anilines is 1. The SMILES string of the molecule is O=C(Nc1ccccc1)N1CCC[C@@H](C(=O)N2CCCC[C@@H]2c2nc3ccccc3s2)C1. The number of thiazole rings is 1. The summed E-state index contributed by atoms with van der Waals surface area (Å²) in [6, 6.07) is 17.6. The summed E-state index contributed by atoms with van der Waals surface area (Å²) in [7, 11) is 0. The molecule has 5 rings (SSSR count). The van der Waals surface area contributed by atoms with Gasteiger partial charge in [-0.15, -0.1) is 11.3 Å². The Morgan fingerprint density at radius 2 is 1.75 bits per heavy atom. The number of rotatable bonds is 3. The van der Waals surface area contributed by atoms with Gasteiger partial charge < -0.3 is 15.1 Å². The second-order valence-electron chi connectivity index (χ2n) is 8.64. The van der Waals surface area contributed by atoms with Gasteiger partial charge in [-0.3, -0.25) is 4.79 Å². The maximum Gasteiger partial charge on any atom is 0.321 e. The highest BCUT2D eigenvalue weighted by atomic mass is 32.1. The minimum atomic E-state index is -0.153. The van der Waals surface area contributed by atoms with Crippen molar-refractivity contribution in [3.05, 3.63) is 59.6 Å². The molecule has 0 bridgehead atoms. The van der Waals surface area contributed by atoms with Crippen LogP contribution < -0.4 is 5.32 Å². The van der Waals surface area contributed by atoms with E-state index >= 15 is 0 Å². The Bertz CT molecular complexity index is 1070. The Kier molecular flexibility index (Phi) is 6.08. The molecule has 2 aromatic carbocycles. The molecule has 0 aliphatic carbocycles. The topological polar surface area (TPSA) is 65.5 Å². The van der Waals surface area contributed by atoms with Crippen LogP contribution in [0.2, 0.25) is 0 Å². The summed E-state index contributed by atoms with van der Waals surface area (Å²) in [5.41, 5.74) is 1.78. The average molecular weight is 449 g/mol. The number of para-hydroxylation sites is 2. The molecule has 3 heterocycles. The van der Waals surface area contributed by atoms with Gasteiger partial charge in [0.25, 0.3) is 0 Å². The van der Waals surface area contributed by atoms with Crippen molar-refractivity contribution in [2.45, 2.75) is 38.1 Å². The molecule has 3 amide bonds. The van der Waals surface area contributed by atoms with Crippen molar-refractivity contribution < 1.29 is 9.59 Å². The normalized spacial score (nSPS) is 21.5. The predicted molar refractivity (Wildman–Crippen MR) is 128 cm³/mol. The number of piperidine rings is 2. The molecule has 0 saturated carbocycles. The van der Waals surface area contributed by atoms with E-state index in [-0.39, 0.29) is 23.9 Å². The molecule has 32 heavy (non-hydrogen) atoms. The minimum Gasteiger partial charge on any atom is -0.333 e. The largest absolute Gasteiger partial charge is 0.333 e. The standard InChI is InChI=1S/C25H28N4O2S/c30-24(18-9-8-15-28(17-18)25(31)26-19-10-2-1-3-11-19)29-16-7-6-13-21(29)23-27-20-12-4-5-14-22(20)32-23/h1-5,10-12,14,18,21H,6-9,13,15-17H2,(H,26,31)/t18-,21-/m1/s1. The molecular formula is C25H28N4O2S. The van der Waals surface area contributed by atoms with Crippen LogP contribution >= 0.6 is 11.3 Å². The second-order valence-corrected chi connectivity index (χ2v) is 9.71. The third-order valence-corrected chi connectivity index (χ3v) is 7.60. The van der Waals surface area contributed by atoms with Crippen LogP contribution in [-0.2, 0) is 4.79 Å². The van der Waals surface area contributed by atoms with Gasteiger partial charge in [0, 0.05) is 25.3 Å². The fourth-order valence-electron chi connectivity index (χ4n) is 4.81. The van der Waals surface area contributed by atoms with Crippen LogP contribution in [-0.4, -0.2) is 46.4 Å². The third kappa shape index (κ3) is 4.35. The first-order valence-corrected chi connectivity index (χ1v) is 12.3. The van der Waals surface area contributed by atoms with Crippen LogP contribution in [0.5, 0.6) is 0 Å². The first-order valence-electron chi connectivity index (χ1n) is 11.5. The van der Waals surface area contributed by atoms with Crippen LogP contribution in [0.3, 0.4) is 0 Å². The van der Waals surface area contributed by atoms with E-state index in [0.717, 1.165) is 54.9 Å². The van der Waals surface area contributed by atoms with E-state index in [2.05, 4.69) is 11.4 Å². The molecule has 0 radical (unpaired) electrons. The van der Waals surface area contributed by atoms with E-state index in [1.807, 2.05) is 53.4 Å². The molecular weight excluding hydrogens is 420 g/mol. The van der Waals surface area contributed by atoms with Crippen molar-refractivity contribution in [3.8, 4) is 0 Å². The summed E-state index contributed by atoms with van der Waals surface area (Å²) < 4.78 is 1.17. The van der Waals surface area contributed by atoms with Crippen LogP contribution in [0.25, 0.3) is 10.2 Å². The molecule has 3 aromatic rings. The maximum atomic E-state index is 13.6. The van der Waals surface area contributed by atoms with Gasteiger partial charge in [-0.05, 0) is 56.4 Å². The van der Waals surface area contributed by atoms with Crippen LogP contribution in [0.1, 0.15) is 43.2 Å². The van der Waals surface area contributed by atoms with Crippen LogP contribution in [0.4, 0.5) is 10.5 Å². The van der Waals surface area contributed by atoms with Gasteiger partial charge in [-0.2, -0.15) is 0 Å². The van der Waals surface area contributed by atoms with E-state index in [1.165, 1.54) is 4.70 Å². The van der Waals surface area contributed by atoms with Crippen molar-refractivity contribution in [1.29, 1.82) is 0 Å². The summed E-state index contributed by atoms with van der Waals surface area (Å²) >= 11 is 1.70. The summed E-state index contributed by atoms with van der Waals surface area (Å²) in [5.74, 6) is 0.0198. The lowest BCUT2D eigenvalue weighted by Crippen LogP contribution is -2.49. The molecule has 1 N–H and O–H groups in total. The Morgan fingerprint density at radius 1 is 0.938 bits per heavy atom. The van der Waals surface area contributed by atoms with E-state index in [0.29, 0.717) is 13.1 Å². The van der Waals surface area contributed by atoms with E-state index < -0.39 is 0 Å². The van der Waals surface area contributed by atoms with Gasteiger partial charge in [0.05, 0.1) is 22.2 Å². The fraction of sp³-hybridized carbons (Fsp3) is 0.400. The number of benzene rings is 2. The fourth-order valence-corrected chi connectivity index (χ4v) is 5.92. The number of aromatic nitrogens is 1. The number of carbonyl (C=O) groups excluding carboxylic acids is 2. The molecule has 7 heteroatoms. The summed E-state index contributed by atoms with van der Waals surface area (Å²) in [6.07, 6.45) is 4.77. The molecule has 1 aromatic heterocycles. The number of nitrogens with one attached hydrogen (secondary N) is 1. The first kappa shape index (κ1) is 20.9. The zero-order valence-corrected chi connectivity index (χ0v) is 18.9. The first-order chi connectivity index (χ1) is 15.7. The Morgan fingerprint density at radius 3 is 2.59 bits per heavy atom. The highest BCUT2D eigenvalue weighted by Crippen LogP contribution is 2.37. The van der Waals surface area contributed by atoms with Crippen molar-refractivity contribution in [1.82, 2.24) is 14.8 Å². The van der Waals surface area contributed by atoms with E-state index in [9.17, 15) is 9.59 Å². The number of nitrogens with zero attached hydrogens (tertiary/aromatic N) is 3. The lowest BCUT2D eigenvalue weighted by atomic mass is 9.93. The number of hydrogen-bond acceptors (Lipinski definition) is 4. The monoisotopic (exact) mass is 448 g/mol. The summed E-state index contributed by atoms with van der Waals surface area (Å²) in [6.45, 7) is 1.93. The molecule has 2 aliphatic heterocycles. The molecule has 2 aliphatic rings. The lowest BCUT2D eigenvalue weighted by Gasteiger charge is -2.39. The second kappa shape index (κ2) is 9.28. The Balaban J connectivity index is 1.29. The van der Waals surface area contributed by atoms with Gasteiger partial charge in [0.2, 0.25) is 5.91 Å². The minimum absolute atomic E-state index is 0.0437. The quantitative estimate of drug-likeness (QED) is 0.592. The number of likely N-dealkylation sites (tertiary alicyclic amines) is 2. The van der Waals surface area contributed by atoms with Gasteiger partial charge in [0.15, 0.2) is 0 Å². The Hall–Kier alpha value is -2.93. The lowest BCUT2D eigenvalue weighted by molar-refractivity contribution is -0.140. The zero-order valence-electron chi connectivity index (χ0n) is 18.1. The van der Waals surface area contributed by atoms with Crippen molar-refractivity contribution in [2.75, 3.05) is 25.0 Å². The predicted octanol–water partition coefficient (Wildman–Crippen LogP) is 5.29. The number of amides is 3. The number of carbonyl (C=O) groups is 2. The number of urea groups is 1. The third-order valence-electron chi connectivity index (χ3n) is 6.46. The summed E-state index contributed by atoms with van der Waals surface area (Å²) in [5, 5.41) is 3.99. The van der Waals surface area contributed by atoms with Gasteiger partial charge in [-0.1, -0.05) is 30.3 Å². The molecule has 2 saturated heterocycles. The highest BCUT2D eigenvalue weighted by Gasteiger charge is 2.36. The average Bonchev–Trinajstić information content (AvgIpc) is 3.28. The van der Waals surface area contributed by atoms with Gasteiger partial charge in [-0.25, -0.2) is 9.78 Å². The Labute approximate surface area is 192 Å². The van der Waals surface area contributed by atoms with Gasteiger partial charge in [0.1, 0.15) is 5.01 Å². The van der Waals surface area contributed by atoms with Gasteiger partial charge >= 0.3 is 6.03 Å². The smallest absolute Gasteiger partial charge is 0.321 e. The number of hydrogen-bond donors (Lipinski definition) is 1. The molecule has 0 unspecified atom stereocenters. The highest BCUT2D eigenvalue weighted by molar-refractivity contribution is 7.18. The maximum absolute atomic E-state index is 13.6. The zero-order chi connectivity index (χ0) is 21.9. The van der Waals surface area contributed by atoms with Crippen molar-refractivity contribution >= 4 is 39.2 Å². The van der Waals surface area contributed by atoms with Crippen molar-refractivity contribution in [2.24, 2.45) is 5.92 Å². The number of fused-ring (bicyclic) bond motifs is 1. The van der Waals surface area contributed by atoms with E-state index in [1.54, 1.807) is 16.2 Å². The van der Waals surface area contributed by atoms with Crippen LogP contribution in [0, 0.1) is 5.92 Å². The molecule has 0 spiro atoms. The molecule has 6 nitrogen and oxygen atoms in total. The summed E-state index contributed by atoms with van der Waals surface area (Å²) in [4.78, 5) is 35.1. The molecule has 166 valence electrons.